The van der Waals surface area contributed by atoms with E-state index in [2.05, 4.69) is 46.3 Å². The van der Waals surface area contributed by atoms with Gasteiger partial charge in [0.15, 0.2) is 0 Å². The number of hydrogen-bond acceptors (Lipinski definition) is 4. The Morgan fingerprint density at radius 3 is 2.74 bits per heavy atom. The van der Waals surface area contributed by atoms with Crippen LogP contribution in [0.25, 0.3) is 11.1 Å². The van der Waals surface area contributed by atoms with Gasteiger partial charge in [0.1, 0.15) is 0 Å². The summed E-state index contributed by atoms with van der Waals surface area (Å²) in [6.45, 7) is 4.52. The Morgan fingerprint density at radius 2 is 2.07 bits per heavy atom. The summed E-state index contributed by atoms with van der Waals surface area (Å²) in [5, 5.41) is 7.54. The van der Waals surface area contributed by atoms with Crippen molar-refractivity contribution < 1.29 is 4.79 Å². The van der Waals surface area contributed by atoms with Gasteiger partial charge in [-0.05, 0) is 38.8 Å². The van der Waals surface area contributed by atoms with E-state index in [1.54, 1.807) is 0 Å². The number of piperidine rings is 1. The standard InChI is InChI=1S/C21H29N5O/c1-14-4-3-5-16(10-14)18-12-23-24-20(18)15-6-8-26(9-7-15)21(27)19-11-17(22)13-25(19)2/h3-5,10,12,15,17,19H,6-9,11,13,22H2,1-2H3,(H,23,24)/t17-,19-/m0/s1. The van der Waals surface area contributed by atoms with E-state index in [9.17, 15) is 4.79 Å². The predicted octanol–water partition coefficient (Wildman–Crippen LogP) is 2.12. The summed E-state index contributed by atoms with van der Waals surface area (Å²) >= 11 is 0. The van der Waals surface area contributed by atoms with Crippen molar-refractivity contribution in [3.05, 3.63) is 41.7 Å². The number of hydrogen-bond donors (Lipinski definition) is 2. The van der Waals surface area contributed by atoms with Gasteiger partial charge in [0.05, 0.1) is 12.2 Å². The number of aromatic nitrogens is 2. The first kappa shape index (κ1) is 18.2. The molecule has 2 aromatic rings. The number of carbonyl (C=O) groups excluding carboxylic acids is 1. The third-order valence-electron chi connectivity index (χ3n) is 6.08. The maximum Gasteiger partial charge on any atom is 0.239 e. The molecule has 4 rings (SSSR count). The monoisotopic (exact) mass is 367 g/mol. The normalized spacial score (nSPS) is 24.5. The van der Waals surface area contributed by atoms with Crippen molar-refractivity contribution in [3.8, 4) is 11.1 Å². The molecule has 3 N–H and O–H groups in total. The third-order valence-corrected chi connectivity index (χ3v) is 6.08. The van der Waals surface area contributed by atoms with Crippen molar-refractivity contribution in [1.29, 1.82) is 0 Å². The molecule has 27 heavy (non-hydrogen) atoms. The molecule has 144 valence electrons. The molecule has 2 aliphatic heterocycles. The molecule has 2 saturated heterocycles. The van der Waals surface area contributed by atoms with Crippen molar-refractivity contribution in [2.45, 2.75) is 44.2 Å². The summed E-state index contributed by atoms with van der Waals surface area (Å²) in [5.74, 6) is 0.656. The summed E-state index contributed by atoms with van der Waals surface area (Å²) in [6, 6.07) is 8.60. The molecule has 2 fully saturated rings. The fourth-order valence-corrected chi connectivity index (χ4v) is 4.58. The summed E-state index contributed by atoms with van der Waals surface area (Å²) in [5.41, 5.74) is 10.9. The van der Waals surface area contributed by atoms with E-state index in [1.165, 1.54) is 22.4 Å². The average molecular weight is 367 g/mol. The van der Waals surface area contributed by atoms with Gasteiger partial charge < -0.3 is 10.6 Å². The van der Waals surface area contributed by atoms with Crippen LogP contribution in [-0.4, -0.2) is 64.7 Å². The van der Waals surface area contributed by atoms with Crippen LogP contribution in [0.2, 0.25) is 0 Å². The number of likely N-dealkylation sites (N-methyl/N-ethyl adjacent to an activating group) is 1. The molecular weight excluding hydrogens is 338 g/mol. The molecule has 0 aliphatic carbocycles. The Morgan fingerprint density at radius 1 is 1.30 bits per heavy atom. The van der Waals surface area contributed by atoms with Crippen LogP contribution in [0.5, 0.6) is 0 Å². The van der Waals surface area contributed by atoms with Crippen molar-refractivity contribution >= 4 is 5.91 Å². The first-order valence-electron chi connectivity index (χ1n) is 9.88. The van der Waals surface area contributed by atoms with E-state index in [4.69, 9.17) is 5.73 Å². The molecule has 2 aliphatic rings. The number of aromatic amines is 1. The number of rotatable bonds is 3. The summed E-state index contributed by atoms with van der Waals surface area (Å²) in [4.78, 5) is 17.0. The zero-order valence-electron chi connectivity index (χ0n) is 16.2. The number of likely N-dealkylation sites (tertiary alicyclic amines) is 2. The predicted molar refractivity (Wildman–Crippen MR) is 106 cm³/mol. The Bertz CT molecular complexity index is 808. The van der Waals surface area contributed by atoms with E-state index in [0.717, 1.165) is 38.9 Å². The number of H-pyrrole nitrogens is 1. The Kier molecular flexibility index (Phi) is 5.02. The lowest BCUT2D eigenvalue weighted by atomic mass is 9.89. The van der Waals surface area contributed by atoms with Crippen LogP contribution in [0.3, 0.4) is 0 Å². The zero-order valence-corrected chi connectivity index (χ0v) is 16.2. The number of carbonyl (C=O) groups is 1. The van der Waals surface area contributed by atoms with Crippen molar-refractivity contribution in [2.75, 3.05) is 26.7 Å². The smallest absolute Gasteiger partial charge is 0.239 e. The van der Waals surface area contributed by atoms with Crippen LogP contribution in [0, 0.1) is 6.92 Å². The number of nitrogens with two attached hydrogens (primary N) is 1. The fourth-order valence-electron chi connectivity index (χ4n) is 4.58. The summed E-state index contributed by atoms with van der Waals surface area (Å²) < 4.78 is 0. The lowest BCUT2D eigenvalue weighted by Gasteiger charge is -2.34. The van der Waals surface area contributed by atoms with Gasteiger partial charge in [-0.15, -0.1) is 0 Å². The van der Waals surface area contributed by atoms with Crippen LogP contribution in [0.1, 0.15) is 36.4 Å². The molecular formula is C21H29N5O. The molecule has 1 aromatic heterocycles. The molecule has 6 heteroatoms. The maximum atomic E-state index is 12.9. The Balaban J connectivity index is 1.43. The van der Waals surface area contributed by atoms with Crippen molar-refractivity contribution in [3.63, 3.8) is 0 Å². The molecule has 2 atom stereocenters. The number of nitrogens with zero attached hydrogens (tertiary/aromatic N) is 3. The van der Waals surface area contributed by atoms with Gasteiger partial charge in [-0.3, -0.25) is 14.8 Å². The quantitative estimate of drug-likeness (QED) is 0.871. The number of nitrogens with one attached hydrogen (secondary N) is 1. The third kappa shape index (κ3) is 3.64. The molecule has 1 amide bonds. The molecule has 6 nitrogen and oxygen atoms in total. The first-order valence-corrected chi connectivity index (χ1v) is 9.88. The minimum atomic E-state index is -0.0495. The van der Waals surface area contributed by atoms with Gasteiger partial charge in [-0.1, -0.05) is 29.8 Å². The highest BCUT2D eigenvalue weighted by atomic mass is 16.2. The van der Waals surface area contributed by atoms with Crippen LogP contribution in [0.4, 0.5) is 0 Å². The summed E-state index contributed by atoms with van der Waals surface area (Å²) in [7, 11) is 2.00. The topological polar surface area (TPSA) is 78.2 Å². The number of aryl methyl sites for hydroxylation is 1. The number of amides is 1. The Labute approximate surface area is 160 Å². The van der Waals surface area contributed by atoms with Crippen molar-refractivity contribution in [1.82, 2.24) is 20.0 Å². The lowest BCUT2D eigenvalue weighted by molar-refractivity contribution is -0.136. The SMILES string of the molecule is Cc1cccc(-c2cn[nH]c2C2CCN(C(=O)[C@@H]3C[C@H](N)CN3C)CC2)c1. The second kappa shape index (κ2) is 7.44. The molecule has 0 bridgehead atoms. The molecule has 1 aromatic carbocycles. The zero-order chi connectivity index (χ0) is 19.0. The molecule has 0 spiro atoms. The van der Waals surface area contributed by atoms with Crippen molar-refractivity contribution in [2.24, 2.45) is 5.73 Å². The fraction of sp³-hybridized carbons (Fsp3) is 0.524. The van der Waals surface area contributed by atoms with Gasteiger partial charge >= 0.3 is 0 Å². The highest BCUT2D eigenvalue weighted by Gasteiger charge is 2.36. The Hall–Kier alpha value is -2.18. The molecule has 0 radical (unpaired) electrons. The van der Waals surface area contributed by atoms with Gasteiger partial charge in [-0.2, -0.15) is 5.10 Å². The first-order chi connectivity index (χ1) is 13.0. The minimum absolute atomic E-state index is 0.0495. The van der Waals surface area contributed by atoms with Crippen LogP contribution in [-0.2, 0) is 4.79 Å². The van der Waals surface area contributed by atoms with Crippen LogP contribution >= 0.6 is 0 Å². The maximum absolute atomic E-state index is 12.9. The number of benzene rings is 1. The van der Waals surface area contributed by atoms with Gasteiger partial charge in [0, 0.05) is 42.9 Å². The van der Waals surface area contributed by atoms with Crippen LogP contribution < -0.4 is 5.73 Å². The summed E-state index contributed by atoms with van der Waals surface area (Å²) in [6.07, 6.45) is 4.63. The van der Waals surface area contributed by atoms with E-state index in [-0.39, 0.29) is 18.0 Å². The minimum Gasteiger partial charge on any atom is -0.341 e. The van der Waals surface area contributed by atoms with Gasteiger partial charge in [0.25, 0.3) is 0 Å². The van der Waals surface area contributed by atoms with E-state index in [0.29, 0.717) is 5.92 Å². The van der Waals surface area contributed by atoms with Crippen LogP contribution in [0.15, 0.2) is 30.5 Å². The van der Waals surface area contributed by atoms with Gasteiger partial charge in [0.2, 0.25) is 5.91 Å². The average Bonchev–Trinajstić information content (AvgIpc) is 3.27. The van der Waals surface area contributed by atoms with Gasteiger partial charge in [-0.25, -0.2) is 0 Å². The molecule has 0 unspecified atom stereocenters. The lowest BCUT2D eigenvalue weighted by Crippen LogP contribution is -2.47. The molecule has 3 heterocycles. The highest BCUT2D eigenvalue weighted by Crippen LogP contribution is 2.34. The second-order valence-electron chi connectivity index (χ2n) is 8.12. The highest BCUT2D eigenvalue weighted by molar-refractivity contribution is 5.82. The van der Waals surface area contributed by atoms with E-state index < -0.39 is 0 Å². The largest absolute Gasteiger partial charge is 0.341 e. The van der Waals surface area contributed by atoms with E-state index in [1.807, 2.05) is 18.1 Å². The van der Waals surface area contributed by atoms with E-state index >= 15 is 0 Å². The molecule has 0 saturated carbocycles. The second-order valence-corrected chi connectivity index (χ2v) is 8.12.